The first-order chi connectivity index (χ1) is 20.1. The molecule has 6 nitrogen and oxygen atoms in total. The van der Waals surface area contributed by atoms with Crippen molar-refractivity contribution in [3.8, 4) is 11.3 Å². The molecule has 0 spiro atoms. The van der Waals surface area contributed by atoms with Crippen LogP contribution in [0.25, 0.3) is 32.9 Å². The second kappa shape index (κ2) is 9.67. The van der Waals surface area contributed by atoms with E-state index in [9.17, 15) is 4.79 Å². The van der Waals surface area contributed by atoms with E-state index >= 15 is 0 Å². The zero-order valence-corrected chi connectivity index (χ0v) is 23.4. The maximum atomic E-state index is 14.3. The summed E-state index contributed by atoms with van der Waals surface area (Å²) >= 11 is 0. The van der Waals surface area contributed by atoms with Crippen LogP contribution in [0.3, 0.4) is 0 Å². The number of aryl methyl sites for hydroxylation is 1. The van der Waals surface area contributed by atoms with Gasteiger partial charge in [0.2, 0.25) is 0 Å². The molecule has 3 aromatic carbocycles. The third-order valence-electron chi connectivity index (χ3n) is 9.30. The molecule has 6 heteroatoms. The maximum absolute atomic E-state index is 14.3. The van der Waals surface area contributed by atoms with Gasteiger partial charge < -0.3 is 9.80 Å². The molecule has 1 atom stereocenters. The van der Waals surface area contributed by atoms with Crippen molar-refractivity contribution < 1.29 is 4.79 Å². The Morgan fingerprint density at radius 1 is 0.854 bits per heavy atom. The van der Waals surface area contributed by atoms with Gasteiger partial charge in [-0.15, -0.1) is 0 Å². The Kier molecular flexibility index (Phi) is 5.78. The Hall–Kier alpha value is -4.29. The highest BCUT2D eigenvalue weighted by Gasteiger charge is 2.32. The van der Waals surface area contributed by atoms with Crippen LogP contribution in [0.4, 0.5) is 11.4 Å². The number of rotatable bonds is 3. The molecule has 3 aliphatic rings. The van der Waals surface area contributed by atoms with Crippen LogP contribution >= 0.6 is 0 Å². The number of benzene rings is 3. The van der Waals surface area contributed by atoms with E-state index in [1.54, 1.807) is 0 Å². The number of carbonyl (C=O) groups is 1. The second-order valence-corrected chi connectivity index (χ2v) is 11.7. The van der Waals surface area contributed by atoms with Crippen LogP contribution in [0.15, 0.2) is 79.0 Å². The number of anilines is 2. The predicted octanol–water partition coefficient (Wildman–Crippen LogP) is 6.25. The van der Waals surface area contributed by atoms with Crippen LogP contribution in [0.5, 0.6) is 0 Å². The molecular weight excluding hydrogens is 506 g/mol. The van der Waals surface area contributed by atoms with Gasteiger partial charge >= 0.3 is 0 Å². The van der Waals surface area contributed by atoms with Crippen LogP contribution in [0.2, 0.25) is 0 Å². The molecule has 0 aliphatic carbocycles. The minimum atomic E-state index is 0.0491. The number of carbonyl (C=O) groups excluding carboxylic acids is 1. The summed E-state index contributed by atoms with van der Waals surface area (Å²) in [7, 11) is 0. The van der Waals surface area contributed by atoms with E-state index in [1.807, 2.05) is 54.4 Å². The Labute approximate surface area is 240 Å². The van der Waals surface area contributed by atoms with Gasteiger partial charge in [-0.1, -0.05) is 36.4 Å². The van der Waals surface area contributed by atoms with Crippen molar-refractivity contribution in [3.05, 3.63) is 95.8 Å². The minimum absolute atomic E-state index is 0.0491. The fourth-order valence-electron chi connectivity index (χ4n) is 7.27. The summed E-state index contributed by atoms with van der Waals surface area (Å²) < 4.78 is 0. The zero-order valence-electron chi connectivity index (χ0n) is 23.4. The van der Waals surface area contributed by atoms with Gasteiger partial charge in [0.1, 0.15) is 0 Å². The van der Waals surface area contributed by atoms with E-state index in [-0.39, 0.29) is 5.91 Å². The van der Waals surface area contributed by atoms with Gasteiger partial charge in [0.05, 0.1) is 11.2 Å². The van der Waals surface area contributed by atoms with Gasteiger partial charge in [0.25, 0.3) is 5.91 Å². The standard InChI is InChI=1S/C35H33N5O/c1-23-6-2-12-31(37-23)28-10-3-9-27-26(28)8-4-11-29(27)35(41)40-17-14-24-20-32-30(21-34(24)40)33(13-15-36-32)39-19-18-38-16-5-7-25(38)22-39/h2-4,6,8-13,15,20-21,25H,5,7,14,16-19,22H2,1H3/t25-/m0/s1. The van der Waals surface area contributed by atoms with Crippen LogP contribution in [-0.4, -0.2) is 59.5 Å². The van der Waals surface area contributed by atoms with Crippen molar-refractivity contribution in [1.29, 1.82) is 0 Å². The molecule has 0 unspecified atom stereocenters. The van der Waals surface area contributed by atoms with Crippen molar-refractivity contribution in [3.63, 3.8) is 0 Å². The Morgan fingerprint density at radius 2 is 1.73 bits per heavy atom. The first kappa shape index (κ1) is 24.5. The van der Waals surface area contributed by atoms with E-state index in [0.29, 0.717) is 12.6 Å². The van der Waals surface area contributed by atoms with Crippen LogP contribution < -0.4 is 9.80 Å². The highest BCUT2D eigenvalue weighted by Crippen LogP contribution is 2.38. The molecule has 204 valence electrons. The third-order valence-corrected chi connectivity index (χ3v) is 9.30. The van der Waals surface area contributed by atoms with Gasteiger partial charge in [0, 0.05) is 72.0 Å². The van der Waals surface area contributed by atoms with E-state index in [0.717, 1.165) is 75.9 Å². The van der Waals surface area contributed by atoms with Crippen molar-refractivity contribution >= 4 is 39.0 Å². The molecule has 1 amide bonds. The van der Waals surface area contributed by atoms with Crippen molar-refractivity contribution in [2.75, 3.05) is 42.5 Å². The fourth-order valence-corrected chi connectivity index (χ4v) is 7.27. The molecule has 0 N–H and O–H groups in total. The predicted molar refractivity (Wildman–Crippen MR) is 166 cm³/mol. The molecule has 41 heavy (non-hydrogen) atoms. The summed E-state index contributed by atoms with van der Waals surface area (Å²) in [5.41, 5.74) is 8.16. The van der Waals surface area contributed by atoms with E-state index < -0.39 is 0 Å². The van der Waals surface area contributed by atoms with Gasteiger partial charge in [-0.3, -0.25) is 19.7 Å². The molecule has 2 aromatic heterocycles. The highest BCUT2D eigenvalue weighted by molar-refractivity contribution is 6.17. The lowest BCUT2D eigenvalue weighted by Gasteiger charge is -2.39. The summed E-state index contributed by atoms with van der Waals surface area (Å²) in [6.45, 7) is 7.13. The molecule has 8 rings (SSSR count). The number of fused-ring (bicyclic) bond motifs is 4. The number of pyridine rings is 2. The van der Waals surface area contributed by atoms with Crippen molar-refractivity contribution in [1.82, 2.24) is 14.9 Å². The summed E-state index contributed by atoms with van der Waals surface area (Å²) in [6.07, 6.45) is 5.37. The van der Waals surface area contributed by atoms with Gasteiger partial charge in [-0.2, -0.15) is 0 Å². The van der Waals surface area contributed by atoms with E-state index in [2.05, 4.69) is 46.2 Å². The Bertz CT molecular complexity index is 1830. The zero-order chi connectivity index (χ0) is 27.5. The number of aromatic nitrogens is 2. The molecule has 2 saturated heterocycles. The fraction of sp³-hybridized carbons (Fsp3) is 0.286. The lowest BCUT2D eigenvalue weighted by atomic mass is 9.97. The summed E-state index contributed by atoms with van der Waals surface area (Å²) in [5, 5.41) is 3.15. The molecule has 2 fully saturated rings. The largest absolute Gasteiger partial charge is 0.368 e. The summed E-state index contributed by atoms with van der Waals surface area (Å²) in [6, 6.07) is 25.6. The number of amides is 1. The number of hydrogen-bond acceptors (Lipinski definition) is 5. The van der Waals surface area contributed by atoms with E-state index in [4.69, 9.17) is 9.97 Å². The van der Waals surface area contributed by atoms with Crippen molar-refractivity contribution in [2.45, 2.75) is 32.2 Å². The maximum Gasteiger partial charge on any atom is 0.258 e. The topological polar surface area (TPSA) is 52.6 Å². The molecule has 0 saturated carbocycles. The number of piperazine rings is 1. The first-order valence-corrected chi connectivity index (χ1v) is 14.8. The average molecular weight is 540 g/mol. The monoisotopic (exact) mass is 539 g/mol. The van der Waals surface area contributed by atoms with Gasteiger partial charge in [-0.05, 0) is 85.5 Å². The third kappa shape index (κ3) is 4.08. The smallest absolute Gasteiger partial charge is 0.258 e. The van der Waals surface area contributed by atoms with Crippen LogP contribution in [0.1, 0.15) is 34.5 Å². The van der Waals surface area contributed by atoms with E-state index in [1.165, 1.54) is 30.6 Å². The Balaban J connectivity index is 1.18. The first-order valence-electron chi connectivity index (χ1n) is 14.8. The molecule has 5 heterocycles. The molecule has 0 radical (unpaired) electrons. The average Bonchev–Trinajstić information content (AvgIpc) is 3.65. The van der Waals surface area contributed by atoms with Gasteiger partial charge in [0.15, 0.2) is 0 Å². The number of nitrogens with zero attached hydrogens (tertiary/aromatic N) is 5. The van der Waals surface area contributed by atoms with Crippen molar-refractivity contribution in [2.24, 2.45) is 0 Å². The molecule has 5 aromatic rings. The SMILES string of the molecule is Cc1cccc(-c2cccc3c(C(=O)N4CCc5cc6nccc(N7CCN8CCC[C@H]8C7)c6cc54)cccc23)n1. The summed E-state index contributed by atoms with van der Waals surface area (Å²) in [5.74, 6) is 0.0491. The summed E-state index contributed by atoms with van der Waals surface area (Å²) in [4.78, 5) is 30.9. The second-order valence-electron chi connectivity index (χ2n) is 11.7. The lowest BCUT2D eigenvalue weighted by Crippen LogP contribution is -2.50. The highest BCUT2D eigenvalue weighted by atomic mass is 16.2. The lowest BCUT2D eigenvalue weighted by molar-refractivity contribution is 0.0991. The number of hydrogen-bond donors (Lipinski definition) is 0. The molecule has 3 aliphatic heterocycles. The van der Waals surface area contributed by atoms with Crippen LogP contribution in [-0.2, 0) is 6.42 Å². The molecule has 0 bridgehead atoms. The quantitative estimate of drug-likeness (QED) is 0.271. The molecular formula is C35H33N5O. The van der Waals surface area contributed by atoms with Crippen LogP contribution in [0, 0.1) is 6.92 Å². The minimum Gasteiger partial charge on any atom is -0.368 e. The normalized spacial score (nSPS) is 18.7. The Morgan fingerprint density at radius 3 is 2.66 bits per heavy atom. The van der Waals surface area contributed by atoms with Gasteiger partial charge in [-0.25, -0.2) is 0 Å².